The smallest absolute Gasteiger partial charge is 0.0441 e. The van der Waals surface area contributed by atoms with E-state index in [9.17, 15) is 0 Å². The first-order chi connectivity index (χ1) is 6.72. The summed E-state index contributed by atoms with van der Waals surface area (Å²) in [4.78, 5) is 0. The predicted octanol–water partition coefficient (Wildman–Crippen LogP) is 3.01. The molecule has 14 heavy (non-hydrogen) atoms. The van der Waals surface area contributed by atoms with E-state index >= 15 is 0 Å². The molecule has 0 heterocycles. The van der Waals surface area contributed by atoms with Gasteiger partial charge < -0.3 is 10.6 Å². The quantitative estimate of drug-likeness (QED) is 0.764. The van der Waals surface area contributed by atoms with Crippen LogP contribution in [0.2, 0.25) is 10.0 Å². The van der Waals surface area contributed by atoms with Crippen molar-refractivity contribution < 1.29 is 0 Å². The molecule has 0 unspecified atom stereocenters. The summed E-state index contributed by atoms with van der Waals surface area (Å²) in [6.07, 6.45) is 1.07. The monoisotopic (exact) mass is 232 g/mol. The van der Waals surface area contributed by atoms with Crippen LogP contribution in [0.3, 0.4) is 0 Å². The largest absolute Gasteiger partial charge is 0.385 e. The molecule has 0 bridgehead atoms. The third-order valence-corrected chi connectivity index (χ3v) is 2.23. The highest BCUT2D eigenvalue weighted by molar-refractivity contribution is 6.35. The number of halogens is 2. The van der Waals surface area contributed by atoms with E-state index in [4.69, 9.17) is 23.2 Å². The highest BCUT2D eigenvalue weighted by atomic mass is 35.5. The van der Waals surface area contributed by atoms with Crippen molar-refractivity contribution in [2.24, 2.45) is 0 Å². The first-order valence-electron chi connectivity index (χ1n) is 4.57. The van der Waals surface area contributed by atoms with Gasteiger partial charge in [-0.2, -0.15) is 0 Å². The Balaban J connectivity index is 2.42. The zero-order valence-corrected chi connectivity index (χ0v) is 9.62. The molecule has 4 heteroatoms. The Bertz CT molecular complexity index is 269. The van der Waals surface area contributed by atoms with E-state index in [-0.39, 0.29) is 0 Å². The molecule has 0 aliphatic carbocycles. The van der Waals surface area contributed by atoms with E-state index in [1.807, 2.05) is 19.2 Å². The van der Waals surface area contributed by atoms with Crippen molar-refractivity contribution >= 4 is 28.9 Å². The number of anilines is 1. The van der Waals surface area contributed by atoms with Gasteiger partial charge in [-0.1, -0.05) is 23.2 Å². The maximum Gasteiger partial charge on any atom is 0.0441 e. The third kappa shape index (κ3) is 4.18. The molecule has 1 aromatic carbocycles. The first-order valence-corrected chi connectivity index (χ1v) is 5.32. The van der Waals surface area contributed by atoms with Crippen LogP contribution in [0.4, 0.5) is 5.69 Å². The maximum absolute atomic E-state index is 5.85. The molecule has 0 radical (unpaired) electrons. The van der Waals surface area contributed by atoms with E-state index in [1.165, 1.54) is 0 Å². The van der Waals surface area contributed by atoms with Gasteiger partial charge in [0.15, 0.2) is 0 Å². The van der Waals surface area contributed by atoms with Crippen LogP contribution < -0.4 is 10.6 Å². The van der Waals surface area contributed by atoms with Crippen molar-refractivity contribution in [3.8, 4) is 0 Å². The Morgan fingerprint density at radius 1 is 1.07 bits per heavy atom. The second-order valence-electron chi connectivity index (χ2n) is 3.04. The standard InChI is InChI=1S/C10H14Cl2N2/c1-13-3-2-4-14-10-6-8(11)5-9(12)7-10/h5-7,13-14H,2-4H2,1H3. The summed E-state index contributed by atoms with van der Waals surface area (Å²) in [6.45, 7) is 1.92. The lowest BCUT2D eigenvalue weighted by molar-refractivity contribution is 0.748. The molecule has 0 aromatic heterocycles. The van der Waals surface area contributed by atoms with Crippen LogP contribution >= 0.6 is 23.2 Å². The fraction of sp³-hybridized carbons (Fsp3) is 0.400. The van der Waals surface area contributed by atoms with Gasteiger partial charge in [0.05, 0.1) is 0 Å². The van der Waals surface area contributed by atoms with Gasteiger partial charge in [-0.25, -0.2) is 0 Å². The van der Waals surface area contributed by atoms with E-state index in [0.717, 1.165) is 25.2 Å². The van der Waals surface area contributed by atoms with Gasteiger partial charge in [-0.05, 0) is 38.2 Å². The van der Waals surface area contributed by atoms with Crippen molar-refractivity contribution in [2.75, 3.05) is 25.5 Å². The zero-order valence-electron chi connectivity index (χ0n) is 8.11. The molecular weight excluding hydrogens is 219 g/mol. The highest BCUT2D eigenvalue weighted by Crippen LogP contribution is 2.22. The van der Waals surface area contributed by atoms with Gasteiger partial charge in [0.25, 0.3) is 0 Å². The lowest BCUT2D eigenvalue weighted by Gasteiger charge is -2.06. The SMILES string of the molecule is CNCCCNc1cc(Cl)cc(Cl)c1. The fourth-order valence-corrected chi connectivity index (χ4v) is 1.68. The van der Waals surface area contributed by atoms with Crippen molar-refractivity contribution in [1.29, 1.82) is 0 Å². The van der Waals surface area contributed by atoms with E-state index in [1.54, 1.807) is 6.07 Å². The average Bonchev–Trinajstić information content (AvgIpc) is 2.11. The normalized spacial score (nSPS) is 10.2. The Morgan fingerprint density at radius 3 is 2.29 bits per heavy atom. The summed E-state index contributed by atoms with van der Waals surface area (Å²) in [5.74, 6) is 0. The topological polar surface area (TPSA) is 24.1 Å². The molecule has 0 fully saturated rings. The minimum absolute atomic E-state index is 0.661. The molecule has 0 aliphatic rings. The van der Waals surface area contributed by atoms with Crippen molar-refractivity contribution in [3.63, 3.8) is 0 Å². The van der Waals surface area contributed by atoms with Gasteiger partial charge in [0.2, 0.25) is 0 Å². The van der Waals surface area contributed by atoms with Crippen molar-refractivity contribution in [3.05, 3.63) is 28.2 Å². The fourth-order valence-electron chi connectivity index (χ4n) is 1.15. The Hall–Kier alpha value is -0.440. The number of benzene rings is 1. The van der Waals surface area contributed by atoms with E-state index < -0.39 is 0 Å². The number of nitrogens with one attached hydrogen (secondary N) is 2. The van der Waals surface area contributed by atoms with Crippen LogP contribution in [0, 0.1) is 0 Å². The second kappa shape index (κ2) is 6.12. The van der Waals surface area contributed by atoms with Gasteiger partial charge >= 0.3 is 0 Å². The van der Waals surface area contributed by atoms with Crippen LogP contribution in [0.15, 0.2) is 18.2 Å². The molecule has 78 valence electrons. The Labute approximate surface area is 94.6 Å². The maximum atomic E-state index is 5.85. The highest BCUT2D eigenvalue weighted by Gasteiger charge is 1.96. The van der Waals surface area contributed by atoms with Crippen LogP contribution in [0.1, 0.15) is 6.42 Å². The summed E-state index contributed by atoms with van der Waals surface area (Å²) in [6, 6.07) is 5.46. The summed E-state index contributed by atoms with van der Waals surface area (Å²) < 4.78 is 0. The molecule has 1 aromatic rings. The molecule has 0 saturated heterocycles. The third-order valence-electron chi connectivity index (χ3n) is 1.80. The molecule has 0 spiro atoms. The van der Waals surface area contributed by atoms with Crippen LogP contribution in [0.25, 0.3) is 0 Å². The van der Waals surface area contributed by atoms with Crippen molar-refractivity contribution in [2.45, 2.75) is 6.42 Å². The first kappa shape index (κ1) is 11.6. The number of rotatable bonds is 5. The Morgan fingerprint density at radius 2 is 1.71 bits per heavy atom. The minimum Gasteiger partial charge on any atom is -0.385 e. The summed E-state index contributed by atoms with van der Waals surface area (Å²) in [5.41, 5.74) is 0.971. The van der Waals surface area contributed by atoms with Crippen LogP contribution in [0.5, 0.6) is 0 Å². The number of hydrogen-bond donors (Lipinski definition) is 2. The summed E-state index contributed by atoms with van der Waals surface area (Å²) in [5, 5.41) is 7.66. The molecule has 0 aliphatic heterocycles. The molecule has 1 rings (SSSR count). The van der Waals surface area contributed by atoms with Gasteiger partial charge in [-0.15, -0.1) is 0 Å². The molecular formula is C10H14Cl2N2. The lowest BCUT2D eigenvalue weighted by atomic mass is 10.3. The number of hydrogen-bond acceptors (Lipinski definition) is 2. The van der Waals surface area contributed by atoms with E-state index in [2.05, 4.69) is 10.6 Å². The van der Waals surface area contributed by atoms with Crippen LogP contribution in [-0.4, -0.2) is 20.1 Å². The van der Waals surface area contributed by atoms with Gasteiger partial charge in [-0.3, -0.25) is 0 Å². The van der Waals surface area contributed by atoms with Gasteiger partial charge in [0, 0.05) is 22.3 Å². The minimum atomic E-state index is 0.661. The van der Waals surface area contributed by atoms with Gasteiger partial charge in [0.1, 0.15) is 0 Å². The lowest BCUT2D eigenvalue weighted by Crippen LogP contribution is -2.12. The molecule has 0 saturated carbocycles. The molecule has 0 atom stereocenters. The van der Waals surface area contributed by atoms with Crippen molar-refractivity contribution in [1.82, 2.24) is 5.32 Å². The van der Waals surface area contributed by atoms with E-state index in [0.29, 0.717) is 10.0 Å². The Kier molecular flexibility index (Phi) is 5.09. The second-order valence-corrected chi connectivity index (χ2v) is 3.91. The van der Waals surface area contributed by atoms with Crippen LogP contribution in [-0.2, 0) is 0 Å². The zero-order chi connectivity index (χ0) is 10.4. The molecule has 0 amide bonds. The summed E-state index contributed by atoms with van der Waals surface area (Å²) in [7, 11) is 1.94. The predicted molar refractivity (Wildman–Crippen MR) is 63.5 cm³/mol. The summed E-state index contributed by atoms with van der Waals surface area (Å²) >= 11 is 11.7. The average molecular weight is 233 g/mol. The molecule has 2 N–H and O–H groups in total. The molecule has 2 nitrogen and oxygen atoms in total.